The Morgan fingerprint density at radius 1 is 1.37 bits per heavy atom. The summed E-state index contributed by atoms with van der Waals surface area (Å²) in [7, 11) is -1.16. The summed E-state index contributed by atoms with van der Waals surface area (Å²) >= 11 is 0. The molecule has 1 fully saturated rings. The van der Waals surface area contributed by atoms with Crippen molar-refractivity contribution in [3.63, 3.8) is 0 Å². The fraction of sp³-hybridized carbons (Fsp3) is 0.667. The van der Waals surface area contributed by atoms with E-state index >= 15 is 0 Å². The van der Waals surface area contributed by atoms with E-state index in [1.165, 1.54) is 19.1 Å². The Kier molecular flexibility index (Phi) is 4.36. The molecule has 1 aromatic rings. The van der Waals surface area contributed by atoms with E-state index in [0.29, 0.717) is 18.5 Å². The molecule has 0 atom stereocenters. The van der Waals surface area contributed by atoms with E-state index in [9.17, 15) is 8.42 Å². The molecular weight excluding hydrogens is 264 g/mol. The van der Waals surface area contributed by atoms with Gasteiger partial charge in [-0.25, -0.2) is 18.4 Å². The fourth-order valence-corrected chi connectivity index (χ4v) is 2.19. The third kappa shape index (κ3) is 5.12. The van der Waals surface area contributed by atoms with Gasteiger partial charge < -0.3 is 10.2 Å². The Morgan fingerprint density at radius 2 is 2.00 bits per heavy atom. The summed E-state index contributed by atoms with van der Waals surface area (Å²) in [4.78, 5) is 10.3. The lowest BCUT2D eigenvalue weighted by Gasteiger charge is -2.16. The average Bonchev–Trinajstić information content (AvgIpc) is 3.17. The van der Waals surface area contributed by atoms with Crippen LogP contribution in [0.1, 0.15) is 18.4 Å². The summed E-state index contributed by atoms with van der Waals surface area (Å²) in [5, 5.41) is 3.39. The number of nitrogens with one attached hydrogen (secondary N) is 1. The van der Waals surface area contributed by atoms with E-state index < -0.39 is 9.84 Å². The van der Waals surface area contributed by atoms with Crippen molar-refractivity contribution in [2.24, 2.45) is 0 Å². The number of nitrogens with zero attached hydrogens (tertiary/aromatic N) is 3. The molecule has 1 aliphatic rings. The van der Waals surface area contributed by atoms with Crippen molar-refractivity contribution in [2.75, 3.05) is 30.5 Å². The molecule has 0 aromatic carbocycles. The molecule has 2 rings (SSSR count). The summed E-state index contributed by atoms with van der Waals surface area (Å²) in [6.07, 6.45) is 7.32. The lowest BCUT2D eigenvalue weighted by molar-refractivity contribution is 0.600. The van der Waals surface area contributed by atoms with Crippen molar-refractivity contribution in [2.45, 2.75) is 25.4 Å². The first kappa shape index (κ1) is 14.2. The Morgan fingerprint density at radius 3 is 2.53 bits per heavy atom. The van der Waals surface area contributed by atoms with Crippen molar-refractivity contribution in [3.8, 4) is 0 Å². The molecular formula is C12H20N4O2S. The van der Waals surface area contributed by atoms with Gasteiger partial charge in [0.2, 0.25) is 5.95 Å². The second-order valence-corrected chi connectivity index (χ2v) is 7.36. The number of aromatic nitrogens is 2. The molecule has 0 radical (unpaired) electrons. The molecule has 19 heavy (non-hydrogen) atoms. The Hall–Kier alpha value is -1.21. The first-order valence-electron chi connectivity index (χ1n) is 6.37. The first-order valence-corrected chi connectivity index (χ1v) is 8.43. The predicted octanol–water partition coefficient (Wildman–Crippen LogP) is 0.209. The summed E-state index contributed by atoms with van der Waals surface area (Å²) in [5.74, 6) is 0.663. The Labute approximate surface area is 114 Å². The number of rotatable bonds is 7. The third-order valence-electron chi connectivity index (χ3n) is 3.00. The number of hydrogen-bond donors (Lipinski definition) is 1. The number of anilines is 1. The molecule has 1 heterocycles. The van der Waals surface area contributed by atoms with Gasteiger partial charge in [0.15, 0.2) is 0 Å². The Balaban J connectivity index is 1.85. The van der Waals surface area contributed by atoms with Crippen LogP contribution in [0.5, 0.6) is 0 Å². The molecule has 0 aliphatic heterocycles. The molecule has 1 aromatic heterocycles. The van der Waals surface area contributed by atoms with Gasteiger partial charge in [0.1, 0.15) is 9.84 Å². The molecule has 0 spiro atoms. The molecule has 1 N–H and O–H groups in total. The zero-order valence-corrected chi connectivity index (χ0v) is 12.2. The van der Waals surface area contributed by atoms with Crippen molar-refractivity contribution >= 4 is 15.8 Å². The van der Waals surface area contributed by atoms with Crippen molar-refractivity contribution in [1.29, 1.82) is 0 Å². The van der Waals surface area contributed by atoms with Crippen LogP contribution in [0.4, 0.5) is 5.95 Å². The van der Waals surface area contributed by atoms with Gasteiger partial charge in [-0.2, -0.15) is 0 Å². The van der Waals surface area contributed by atoms with Crippen LogP contribution in [-0.4, -0.2) is 50.0 Å². The van der Waals surface area contributed by atoms with Gasteiger partial charge >= 0.3 is 0 Å². The van der Waals surface area contributed by atoms with Gasteiger partial charge in [-0.05, 0) is 12.8 Å². The number of sulfone groups is 1. The molecule has 0 unspecified atom stereocenters. The van der Waals surface area contributed by atoms with Crippen LogP contribution in [0.25, 0.3) is 0 Å². The zero-order valence-electron chi connectivity index (χ0n) is 11.3. The van der Waals surface area contributed by atoms with Crippen LogP contribution in [-0.2, 0) is 16.4 Å². The van der Waals surface area contributed by atoms with Crippen LogP contribution in [0.2, 0.25) is 0 Å². The lowest BCUT2D eigenvalue weighted by atomic mass is 10.3. The molecule has 1 saturated carbocycles. The van der Waals surface area contributed by atoms with E-state index in [4.69, 9.17) is 0 Å². The smallest absolute Gasteiger partial charge is 0.225 e. The number of hydrogen-bond acceptors (Lipinski definition) is 6. The highest BCUT2D eigenvalue weighted by Gasteiger charge is 2.20. The van der Waals surface area contributed by atoms with E-state index in [0.717, 1.165) is 12.1 Å². The first-order chi connectivity index (χ1) is 8.94. The standard InChI is InChI=1S/C12H20N4O2S/c1-16(5-6-19(2,17)18)12-14-8-10(9-15-12)7-13-11-3-4-11/h8-9,11,13H,3-7H2,1-2H3. The van der Waals surface area contributed by atoms with Crippen LogP contribution in [0.15, 0.2) is 12.4 Å². The largest absolute Gasteiger partial charge is 0.343 e. The molecule has 0 amide bonds. The monoisotopic (exact) mass is 284 g/mol. The highest BCUT2D eigenvalue weighted by Crippen LogP contribution is 2.19. The predicted molar refractivity (Wildman–Crippen MR) is 74.9 cm³/mol. The summed E-state index contributed by atoms with van der Waals surface area (Å²) in [6.45, 7) is 1.19. The summed E-state index contributed by atoms with van der Waals surface area (Å²) in [5.41, 5.74) is 1.05. The van der Waals surface area contributed by atoms with E-state index in [-0.39, 0.29) is 5.75 Å². The van der Waals surface area contributed by atoms with Gasteiger partial charge in [-0.3, -0.25) is 0 Å². The maximum Gasteiger partial charge on any atom is 0.225 e. The van der Waals surface area contributed by atoms with Crippen LogP contribution in [0.3, 0.4) is 0 Å². The quantitative estimate of drug-likeness (QED) is 0.771. The van der Waals surface area contributed by atoms with E-state index in [1.54, 1.807) is 24.3 Å². The topological polar surface area (TPSA) is 75.2 Å². The van der Waals surface area contributed by atoms with Crippen molar-refractivity contribution < 1.29 is 8.42 Å². The van der Waals surface area contributed by atoms with Crippen LogP contribution in [0, 0.1) is 0 Å². The Bertz CT molecular complexity index is 511. The lowest BCUT2D eigenvalue weighted by Crippen LogP contribution is -2.26. The molecule has 7 heteroatoms. The van der Waals surface area contributed by atoms with Crippen molar-refractivity contribution in [3.05, 3.63) is 18.0 Å². The zero-order chi connectivity index (χ0) is 13.9. The van der Waals surface area contributed by atoms with Gasteiger partial charge in [0.25, 0.3) is 0 Å². The maximum absolute atomic E-state index is 11.1. The normalized spacial score (nSPS) is 15.5. The highest BCUT2D eigenvalue weighted by atomic mass is 32.2. The SMILES string of the molecule is CN(CCS(C)(=O)=O)c1ncc(CNC2CC2)cn1. The molecule has 106 valence electrons. The summed E-state index contributed by atoms with van der Waals surface area (Å²) < 4.78 is 22.2. The minimum Gasteiger partial charge on any atom is -0.343 e. The summed E-state index contributed by atoms with van der Waals surface area (Å²) in [6, 6.07) is 0.664. The molecule has 1 aliphatic carbocycles. The molecule has 6 nitrogen and oxygen atoms in total. The maximum atomic E-state index is 11.1. The third-order valence-corrected chi connectivity index (χ3v) is 3.93. The van der Waals surface area contributed by atoms with E-state index in [1.807, 2.05) is 0 Å². The second-order valence-electron chi connectivity index (χ2n) is 5.10. The van der Waals surface area contributed by atoms with Gasteiger partial charge in [-0.15, -0.1) is 0 Å². The van der Waals surface area contributed by atoms with Crippen LogP contribution >= 0.6 is 0 Å². The van der Waals surface area contributed by atoms with Crippen molar-refractivity contribution in [1.82, 2.24) is 15.3 Å². The molecule has 0 saturated heterocycles. The fourth-order valence-electron chi connectivity index (χ4n) is 1.59. The second kappa shape index (κ2) is 5.83. The average molecular weight is 284 g/mol. The molecule has 0 bridgehead atoms. The van der Waals surface area contributed by atoms with E-state index in [2.05, 4.69) is 15.3 Å². The highest BCUT2D eigenvalue weighted by molar-refractivity contribution is 7.90. The van der Waals surface area contributed by atoms with Gasteiger partial charge in [-0.1, -0.05) is 0 Å². The minimum absolute atomic E-state index is 0.109. The van der Waals surface area contributed by atoms with Gasteiger partial charge in [0, 0.05) is 50.4 Å². The minimum atomic E-state index is -2.95. The van der Waals surface area contributed by atoms with Gasteiger partial charge in [0.05, 0.1) is 5.75 Å². The van der Waals surface area contributed by atoms with Crippen LogP contribution < -0.4 is 10.2 Å².